The fraction of sp³-hybridized carbons (Fsp3) is 0.375. The minimum atomic E-state index is -4.44. The maximum absolute atomic E-state index is 13.0. The van der Waals surface area contributed by atoms with Gasteiger partial charge in [0.1, 0.15) is 5.82 Å². The first-order valence-electron chi connectivity index (χ1n) is 11.2. The number of anilines is 2. The average Bonchev–Trinajstić information content (AvgIpc) is 3.24. The second-order valence-electron chi connectivity index (χ2n) is 8.83. The number of amides is 1. The lowest BCUT2D eigenvalue weighted by atomic mass is 10.0. The summed E-state index contributed by atoms with van der Waals surface area (Å²) in [5.41, 5.74) is 2.51. The van der Waals surface area contributed by atoms with E-state index in [2.05, 4.69) is 25.2 Å². The first-order chi connectivity index (χ1) is 16.3. The molecule has 4 heterocycles. The van der Waals surface area contributed by atoms with Gasteiger partial charge in [0.05, 0.1) is 24.0 Å². The van der Waals surface area contributed by atoms with Crippen LogP contribution in [0.2, 0.25) is 0 Å². The van der Waals surface area contributed by atoms with Crippen LogP contribution in [0.25, 0.3) is 5.69 Å². The molecule has 1 fully saturated rings. The van der Waals surface area contributed by atoms with E-state index in [-0.39, 0.29) is 11.9 Å². The zero-order chi connectivity index (χ0) is 23.9. The summed E-state index contributed by atoms with van der Waals surface area (Å²) in [4.78, 5) is 21.3. The molecule has 1 N–H and O–H groups in total. The van der Waals surface area contributed by atoms with Crippen LogP contribution in [0.15, 0.2) is 48.9 Å². The van der Waals surface area contributed by atoms with Crippen molar-refractivity contribution in [3.05, 3.63) is 65.6 Å². The van der Waals surface area contributed by atoms with E-state index in [9.17, 15) is 18.0 Å². The SMILES string of the molecule is Cc1cnc(N2CCC(N3CC(=O)Nc4ccccc4C3)CC2)cc1-n1cc(C(F)(F)F)cn1. The molecule has 0 aliphatic carbocycles. The van der Waals surface area contributed by atoms with Gasteiger partial charge in [-0.05, 0) is 37.0 Å². The number of aromatic nitrogens is 3. The number of carbonyl (C=O) groups excluding carboxylic acids is 1. The Balaban J connectivity index is 1.29. The zero-order valence-corrected chi connectivity index (χ0v) is 18.7. The summed E-state index contributed by atoms with van der Waals surface area (Å²) >= 11 is 0. The molecule has 7 nitrogen and oxygen atoms in total. The topological polar surface area (TPSA) is 66.3 Å². The fourth-order valence-corrected chi connectivity index (χ4v) is 4.67. The van der Waals surface area contributed by atoms with E-state index in [1.807, 2.05) is 24.3 Å². The number of rotatable bonds is 3. The monoisotopic (exact) mass is 470 g/mol. The summed E-state index contributed by atoms with van der Waals surface area (Å²) in [7, 11) is 0. The van der Waals surface area contributed by atoms with E-state index in [4.69, 9.17) is 0 Å². The van der Waals surface area contributed by atoms with Gasteiger partial charge in [0.2, 0.25) is 5.91 Å². The Morgan fingerprint density at radius 2 is 1.85 bits per heavy atom. The smallest absolute Gasteiger partial charge is 0.356 e. The van der Waals surface area contributed by atoms with E-state index in [0.717, 1.165) is 55.1 Å². The molecule has 0 unspecified atom stereocenters. The van der Waals surface area contributed by atoms with Crippen molar-refractivity contribution in [3.63, 3.8) is 0 Å². The highest BCUT2D eigenvalue weighted by atomic mass is 19.4. The van der Waals surface area contributed by atoms with Crippen LogP contribution in [0.1, 0.15) is 29.5 Å². The number of nitrogens with zero attached hydrogens (tertiary/aromatic N) is 5. The third kappa shape index (κ3) is 4.50. The maximum atomic E-state index is 13.0. The van der Waals surface area contributed by atoms with Gasteiger partial charge in [-0.15, -0.1) is 0 Å². The first kappa shape index (κ1) is 22.4. The number of pyridine rings is 1. The Bertz CT molecular complexity index is 1200. The van der Waals surface area contributed by atoms with Crippen molar-refractivity contribution in [3.8, 4) is 5.69 Å². The lowest BCUT2D eigenvalue weighted by Crippen LogP contribution is -2.46. The van der Waals surface area contributed by atoms with E-state index < -0.39 is 11.7 Å². The number of halogens is 3. The number of alkyl halides is 3. The van der Waals surface area contributed by atoms with Crippen molar-refractivity contribution in [1.82, 2.24) is 19.7 Å². The molecule has 3 aromatic rings. The minimum absolute atomic E-state index is 0.00493. The second-order valence-corrected chi connectivity index (χ2v) is 8.83. The molecule has 2 aliphatic heterocycles. The highest BCUT2D eigenvalue weighted by Gasteiger charge is 2.33. The summed E-state index contributed by atoms with van der Waals surface area (Å²) in [5.74, 6) is 0.705. The summed E-state index contributed by atoms with van der Waals surface area (Å²) in [6.45, 7) is 4.36. The van der Waals surface area contributed by atoms with Crippen LogP contribution in [0, 0.1) is 6.92 Å². The Hall–Kier alpha value is -3.40. The fourth-order valence-electron chi connectivity index (χ4n) is 4.67. The van der Waals surface area contributed by atoms with Crippen LogP contribution in [0.3, 0.4) is 0 Å². The summed E-state index contributed by atoms with van der Waals surface area (Å²) in [6.07, 6.45) is 0.790. The Morgan fingerprint density at radius 1 is 1.09 bits per heavy atom. The molecule has 1 aromatic carbocycles. The van der Waals surface area contributed by atoms with Gasteiger partial charge in [-0.2, -0.15) is 18.3 Å². The molecule has 10 heteroatoms. The van der Waals surface area contributed by atoms with Crippen molar-refractivity contribution in [2.45, 2.75) is 38.5 Å². The molecular formula is C24H25F3N6O. The zero-order valence-electron chi connectivity index (χ0n) is 18.7. The summed E-state index contributed by atoms with van der Waals surface area (Å²) < 4.78 is 40.3. The van der Waals surface area contributed by atoms with Crippen molar-refractivity contribution in [2.75, 3.05) is 29.9 Å². The Kier molecular flexibility index (Phi) is 5.76. The third-order valence-corrected chi connectivity index (χ3v) is 6.53. The predicted octanol–water partition coefficient (Wildman–Crippen LogP) is 4.02. The average molecular weight is 470 g/mol. The van der Waals surface area contributed by atoms with Gasteiger partial charge in [-0.25, -0.2) is 9.67 Å². The molecule has 0 spiro atoms. The van der Waals surface area contributed by atoms with Gasteiger partial charge in [-0.3, -0.25) is 9.69 Å². The van der Waals surface area contributed by atoms with Crippen LogP contribution in [0.5, 0.6) is 0 Å². The summed E-state index contributed by atoms with van der Waals surface area (Å²) in [6, 6.07) is 9.92. The van der Waals surface area contributed by atoms with Gasteiger partial charge >= 0.3 is 6.18 Å². The van der Waals surface area contributed by atoms with Crippen LogP contribution in [-0.4, -0.2) is 51.2 Å². The number of aryl methyl sites for hydroxylation is 1. The number of piperidine rings is 1. The minimum Gasteiger partial charge on any atom is -0.356 e. The van der Waals surface area contributed by atoms with Crippen LogP contribution < -0.4 is 10.2 Å². The molecule has 34 heavy (non-hydrogen) atoms. The molecule has 0 saturated carbocycles. The highest BCUT2D eigenvalue weighted by Crippen LogP contribution is 2.31. The van der Waals surface area contributed by atoms with Gasteiger partial charge in [0.15, 0.2) is 0 Å². The maximum Gasteiger partial charge on any atom is 0.419 e. The van der Waals surface area contributed by atoms with Crippen molar-refractivity contribution >= 4 is 17.4 Å². The molecule has 0 radical (unpaired) electrons. The molecule has 0 bridgehead atoms. The lowest BCUT2D eigenvalue weighted by Gasteiger charge is -2.38. The molecular weight excluding hydrogens is 445 g/mol. The van der Waals surface area contributed by atoms with E-state index in [0.29, 0.717) is 24.6 Å². The molecule has 0 atom stereocenters. The number of benzene rings is 1. The van der Waals surface area contributed by atoms with Gasteiger partial charge < -0.3 is 10.2 Å². The first-order valence-corrected chi connectivity index (χ1v) is 11.2. The molecule has 1 amide bonds. The van der Waals surface area contributed by atoms with Crippen molar-refractivity contribution < 1.29 is 18.0 Å². The van der Waals surface area contributed by atoms with Gasteiger partial charge in [-0.1, -0.05) is 18.2 Å². The standard InChI is InChI=1S/C24H25F3N6O/c1-16-11-28-22(10-21(16)33-14-18(12-29-33)24(25,26)27)31-8-6-19(7-9-31)32-13-17-4-2-3-5-20(17)30-23(34)15-32/h2-5,10-12,14,19H,6-9,13,15H2,1H3,(H,30,34). The highest BCUT2D eigenvalue weighted by molar-refractivity contribution is 5.93. The van der Waals surface area contributed by atoms with E-state index in [1.165, 1.54) is 4.68 Å². The van der Waals surface area contributed by atoms with E-state index >= 15 is 0 Å². The normalized spacial score (nSPS) is 17.9. The predicted molar refractivity (Wildman–Crippen MR) is 122 cm³/mol. The number of nitrogens with one attached hydrogen (secondary N) is 1. The molecule has 2 aromatic heterocycles. The number of carbonyl (C=O) groups is 1. The number of hydrogen-bond acceptors (Lipinski definition) is 5. The van der Waals surface area contributed by atoms with Crippen LogP contribution >= 0.6 is 0 Å². The van der Waals surface area contributed by atoms with Crippen molar-refractivity contribution in [1.29, 1.82) is 0 Å². The second kappa shape index (κ2) is 8.75. The van der Waals surface area contributed by atoms with Gasteiger partial charge in [0, 0.05) is 49.8 Å². The molecule has 178 valence electrons. The Morgan fingerprint density at radius 3 is 2.59 bits per heavy atom. The number of hydrogen-bond donors (Lipinski definition) is 1. The largest absolute Gasteiger partial charge is 0.419 e. The molecule has 5 rings (SSSR count). The Labute approximate surface area is 195 Å². The van der Waals surface area contributed by atoms with Crippen LogP contribution in [-0.2, 0) is 17.5 Å². The quantitative estimate of drug-likeness (QED) is 0.627. The molecule has 1 saturated heterocycles. The lowest BCUT2D eigenvalue weighted by molar-refractivity contribution is -0.137. The summed E-state index contributed by atoms with van der Waals surface area (Å²) in [5, 5.41) is 6.90. The molecule has 2 aliphatic rings. The van der Waals surface area contributed by atoms with Crippen LogP contribution in [0.4, 0.5) is 24.7 Å². The van der Waals surface area contributed by atoms with Crippen molar-refractivity contribution in [2.24, 2.45) is 0 Å². The van der Waals surface area contributed by atoms with Gasteiger partial charge in [0.25, 0.3) is 0 Å². The number of fused-ring (bicyclic) bond motifs is 1. The third-order valence-electron chi connectivity index (χ3n) is 6.53. The van der Waals surface area contributed by atoms with E-state index in [1.54, 1.807) is 19.2 Å². The number of para-hydroxylation sites is 1.